The van der Waals surface area contributed by atoms with E-state index in [0.717, 1.165) is 11.1 Å². The number of benzene rings is 3. The first-order chi connectivity index (χ1) is 17.0. The molecular weight excluding hydrogens is 446 g/mol. The second kappa shape index (κ2) is 9.34. The molecule has 3 amide bonds. The molecule has 35 heavy (non-hydrogen) atoms. The Labute approximate surface area is 202 Å². The van der Waals surface area contributed by atoms with Crippen LogP contribution in [0.15, 0.2) is 72.9 Å². The van der Waals surface area contributed by atoms with Gasteiger partial charge >= 0.3 is 0 Å². The lowest BCUT2D eigenvalue weighted by Crippen LogP contribution is -2.33. The Balaban J connectivity index is 1.33. The van der Waals surface area contributed by atoms with Crippen LogP contribution in [0.1, 0.15) is 40.9 Å². The number of fused-ring (bicyclic) bond motifs is 2. The van der Waals surface area contributed by atoms with Crippen LogP contribution in [0.2, 0.25) is 0 Å². The first-order valence-electron chi connectivity index (χ1n) is 11.2. The van der Waals surface area contributed by atoms with Gasteiger partial charge in [-0.1, -0.05) is 36.4 Å². The lowest BCUT2D eigenvalue weighted by molar-refractivity contribution is -0.129. The number of rotatable bonds is 5. The fourth-order valence-electron chi connectivity index (χ4n) is 4.25. The molecule has 2 aliphatic rings. The van der Waals surface area contributed by atoms with Gasteiger partial charge in [0.1, 0.15) is 0 Å². The minimum absolute atomic E-state index is 0.0407. The maximum atomic E-state index is 13.1. The minimum Gasteiger partial charge on any atom is -0.454 e. The van der Waals surface area contributed by atoms with Crippen molar-refractivity contribution in [3.8, 4) is 11.5 Å². The molecule has 0 fully saturated rings. The van der Waals surface area contributed by atoms with E-state index in [4.69, 9.17) is 9.47 Å². The number of amides is 3. The Morgan fingerprint density at radius 1 is 0.943 bits per heavy atom. The minimum atomic E-state index is -0.441. The average molecular weight is 469 g/mol. The van der Waals surface area contributed by atoms with Gasteiger partial charge in [-0.3, -0.25) is 14.4 Å². The molecule has 2 heterocycles. The number of anilines is 2. The summed E-state index contributed by atoms with van der Waals surface area (Å²) in [5.41, 5.74) is 3.10. The van der Waals surface area contributed by atoms with Gasteiger partial charge < -0.3 is 25.0 Å². The molecule has 3 aromatic rings. The molecule has 176 valence electrons. The van der Waals surface area contributed by atoms with E-state index in [1.807, 2.05) is 30.3 Å². The van der Waals surface area contributed by atoms with Gasteiger partial charge in [-0.05, 0) is 41.5 Å². The van der Waals surface area contributed by atoms with Crippen molar-refractivity contribution >= 4 is 35.2 Å². The first kappa shape index (κ1) is 22.2. The van der Waals surface area contributed by atoms with Gasteiger partial charge in [-0.2, -0.15) is 0 Å². The van der Waals surface area contributed by atoms with Gasteiger partial charge in [0.2, 0.25) is 18.6 Å². The highest BCUT2D eigenvalue weighted by Crippen LogP contribution is 2.35. The predicted octanol–water partition coefficient (Wildman–Crippen LogP) is 4.57. The molecule has 2 N–H and O–H groups in total. The molecule has 0 bridgehead atoms. The standard InChI is InChI=1S/C27H23N3O5/c1-17(31)30-13-12-18-6-2-3-7-20(18)23(30)15-26(32)29-22-9-5-4-8-21(22)27(33)28-19-10-11-24-25(14-19)35-16-34-24/h2-14,23H,15-16H2,1H3,(H,28,33)(H,29,32). The molecule has 1 atom stereocenters. The number of ether oxygens (including phenoxy) is 2. The lowest BCUT2D eigenvalue weighted by Gasteiger charge is -2.32. The number of carbonyl (C=O) groups excluding carboxylic acids is 3. The molecule has 8 nitrogen and oxygen atoms in total. The fraction of sp³-hybridized carbons (Fsp3) is 0.148. The van der Waals surface area contributed by atoms with E-state index in [1.54, 1.807) is 53.6 Å². The zero-order chi connectivity index (χ0) is 24.4. The summed E-state index contributed by atoms with van der Waals surface area (Å²) >= 11 is 0. The molecule has 1 unspecified atom stereocenters. The number of carbonyl (C=O) groups is 3. The highest BCUT2D eigenvalue weighted by Gasteiger charge is 2.28. The summed E-state index contributed by atoms with van der Waals surface area (Å²) in [7, 11) is 0. The Morgan fingerprint density at radius 3 is 2.57 bits per heavy atom. The van der Waals surface area contributed by atoms with Crippen molar-refractivity contribution in [2.24, 2.45) is 0 Å². The second-order valence-corrected chi connectivity index (χ2v) is 8.21. The Morgan fingerprint density at radius 2 is 1.71 bits per heavy atom. The third-order valence-corrected chi connectivity index (χ3v) is 5.92. The molecule has 0 saturated carbocycles. The molecular formula is C27H23N3O5. The van der Waals surface area contributed by atoms with Crippen molar-refractivity contribution in [1.29, 1.82) is 0 Å². The summed E-state index contributed by atoms with van der Waals surface area (Å²) in [4.78, 5) is 39.9. The smallest absolute Gasteiger partial charge is 0.257 e. The van der Waals surface area contributed by atoms with Crippen LogP contribution in [0.5, 0.6) is 11.5 Å². The third-order valence-electron chi connectivity index (χ3n) is 5.92. The summed E-state index contributed by atoms with van der Waals surface area (Å²) in [5.74, 6) is 0.332. The third kappa shape index (κ3) is 4.59. The normalized spacial score (nSPS) is 15.3. The van der Waals surface area contributed by atoms with E-state index in [-0.39, 0.29) is 30.9 Å². The summed E-state index contributed by atoms with van der Waals surface area (Å²) < 4.78 is 10.7. The number of hydrogen-bond donors (Lipinski definition) is 2. The number of nitrogens with zero attached hydrogens (tertiary/aromatic N) is 1. The number of para-hydroxylation sites is 1. The summed E-state index contributed by atoms with van der Waals surface area (Å²) in [6.07, 6.45) is 3.61. The van der Waals surface area contributed by atoms with Gasteiger partial charge in [-0.15, -0.1) is 0 Å². The van der Waals surface area contributed by atoms with Crippen molar-refractivity contribution < 1.29 is 23.9 Å². The van der Waals surface area contributed by atoms with Crippen molar-refractivity contribution in [1.82, 2.24) is 4.90 Å². The Bertz CT molecular complexity index is 1350. The maximum Gasteiger partial charge on any atom is 0.257 e. The van der Waals surface area contributed by atoms with Crippen LogP contribution in [-0.4, -0.2) is 29.4 Å². The zero-order valence-electron chi connectivity index (χ0n) is 19.0. The van der Waals surface area contributed by atoms with Crippen LogP contribution in [-0.2, 0) is 9.59 Å². The molecule has 0 saturated heterocycles. The topological polar surface area (TPSA) is 97.0 Å². The van der Waals surface area contributed by atoms with E-state index in [9.17, 15) is 14.4 Å². The first-order valence-corrected chi connectivity index (χ1v) is 11.2. The summed E-state index contributed by atoms with van der Waals surface area (Å²) in [6, 6.07) is 19.1. The second-order valence-electron chi connectivity index (χ2n) is 8.21. The van der Waals surface area contributed by atoms with Crippen LogP contribution in [0.4, 0.5) is 11.4 Å². The van der Waals surface area contributed by atoms with E-state index in [0.29, 0.717) is 28.4 Å². The van der Waals surface area contributed by atoms with E-state index < -0.39 is 6.04 Å². The van der Waals surface area contributed by atoms with Crippen LogP contribution in [0.3, 0.4) is 0 Å². The highest BCUT2D eigenvalue weighted by molar-refractivity contribution is 6.10. The molecule has 3 aromatic carbocycles. The number of hydrogen-bond acceptors (Lipinski definition) is 5. The summed E-state index contributed by atoms with van der Waals surface area (Å²) in [5, 5.41) is 5.68. The van der Waals surface area contributed by atoms with Gasteiger partial charge in [0.05, 0.1) is 23.7 Å². The highest BCUT2D eigenvalue weighted by atomic mass is 16.7. The predicted molar refractivity (Wildman–Crippen MR) is 131 cm³/mol. The van der Waals surface area contributed by atoms with Gasteiger partial charge in [0.25, 0.3) is 5.91 Å². The van der Waals surface area contributed by atoms with Gasteiger partial charge in [-0.25, -0.2) is 0 Å². The Kier molecular flexibility index (Phi) is 5.93. The van der Waals surface area contributed by atoms with Crippen molar-refractivity contribution in [3.63, 3.8) is 0 Å². The van der Waals surface area contributed by atoms with Crippen molar-refractivity contribution in [3.05, 3.63) is 89.6 Å². The largest absolute Gasteiger partial charge is 0.454 e. The molecule has 0 aromatic heterocycles. The van der Waals surface area contributed by atoms with E-state index in [2.05, 4.69) is 10.6 Å². The zero-order valence-corrected chi connectivity index (χ0v) is 19.0. The van der Waals surface area contributed by atoms with Gasteiger partial charge in [0, 0.05) is 24.9 Å². The Hall–Kier alpha value is -4.59. The SMILES string of the molecule is CC(=O)N1C=Cc2ccccc2C1CC(=O)Nc1ccccc1C(=O)Nc1ccc2c(c1)OCO2. The van der Waals surface area contributed by atoms with Gasteiger partial charge in [0.15, 0.2) is 11.5 Å². The van der Waals surface area contributed by atoms with E-state index in [1.165, 1.54) is 6.92 Å². The molecule has 0 radical (unpaired) electrons. The van der Waals surface area contributed by atoms with Crippen molar-refractivity contribution in [2.45, 2.75) is 19.4 Å². The van der Waals surface area contributed by atoms with Crippen LogP contribution >= 0.6 is 0 Å². The summed E-state index contributed by atoms with van der Waals surface area (Å²) in [6.45, 7) is 1.61. The fourth-order valence-corrected chi connectivity index (χ4v) is 4.25. The van der Waals surface area contributed by atoms with Crippen LogP contribution in [0.25, 0.3) is 6.08 Å². The average Bonchev–Trinajstić information content (AvgIpc) is 3.32. The van der Waals surface area contributed by atoms with Crippen LogP contribution in [0, 0.1) is 0 Å². The van der Waals surface area contributed by atoms with Crippen molar-refractivity contribution in [2.75, 3.05) is 17.4 Å². The maximum absolute atomic E-state index is 13.1. The molecule has 5 rings (SSSR count). The quantitative estimate of drug-likeness (QED) is 0.571. The molecule has 8 heteroatoms. The molecule has 2 aliphatic heterocycles. The molecule has 0 aliphatic carbocycles. The molecule has 0 spiro atoms. The lowest BCUT2D eigenvalue weighted by atomic mass is 9.93. The number of nitrogens with one attached hydrogen (secondary N) is 2. The van der Waals surface area contributed by atoms with Crippen LogP contribution < -0.4 is 20.1 Å². The van der Waals surface area contributed by atoms with E-state index >= 15 is 0 Å². The monoisotopic (exact) mass is 469 g/mol.